The molecule has 0 atom stereocenters. The maximum absolute atomic E-state index is 8.12. The fraction of sp³-hybridized carbons (Fsp3) is 0.909. The van der Waals surface area contributed by atoms with Crippen LogP contribution in [0.1, 0.15) is 38.5 Å². The molecule has 0 aromatic heterocycles. The summed E-state index contributed by atoms with van der Waals surface area (Å²) in [5.41, 5.74) is 10.8. The summed E-state index contributed by atoms with van der Waals surface area (Å²) in [6.07, 6.45) is 7.64. The SMILES string of the molecule is NCCCCCCNCCCCN.O=C=O. The minimum Gasteiger partial charge on any atom is -0.330 e. The molecule has 0 aliphatic heterocycles. The number of hydrogen-bond donors (Lipinski definition) is 3. The molecule has 5 heteroatoms. The predicted octanol–water partition coefficient (Wildman–Crippen LogP) is 0.251. The average molecular weight is 231 g/mol. The van der Waals surface area contributed by atoms with Crippen molar-refractivity contribution in [3.8, 4) is 0 Å². The zero-order valence-electron chi connectivity index (χ0n) is 10.0. The first-order chi connectivity index (χ1) is 7.83. The van der Waals surface area contributed by atoms with Gasteiger partial charge in [0, 0.05) is 0 Å². The molecule has 0 saturated heterocycles. The number of nitrogens with two attached hydrogens (primary N) is 2. The maximum atomic E-state index is 8.12. The molecule has 0 aromatic carbocycles. The molecule has 16 heavy (non-hydrogen) atoms. The van der Waals surface area contributed by atoms with Crippen LogP contribution in [0.4, 0.5) is 0 Å². The highest BCUT2D eigenvalue weighted by molar-refractivity contribution is 5.20. The Morgan fingerprint density at radius 3 is 1.62 bits per heavy atom. The number of carbonyl (C=O) groups excluding carboxylic acids is 2. The third-order valence-corrected chi connectivity index (χ3v) is 2.12. The summed E-state index contributed by atoms with van der Waals surface area (Å²) < 4.78 is 0. The van der Waals surface area contributed by atoms with Crippen molar-refractivity contribution in [3.05, 3.63) is 0 Å². The van der Waals surface area contributed by atoms with E-state index in [4.69, 9.17) is 21.1 Å². The summed E-state index contributed by atoms with van der Waals surface area (Å²) in [5, 5.41) is 3.41. The zero-order chi connectivity index (χ0) is 12.5. The molecule has 5 N–H and O–H groups in total. The summed E-state index contributed by atoms with van der Waals surface area (Å²) in [6.45, 7) is 3.92. The molecule has 0 radical (unpaired) electrons. The third-order valence-electron chi connectivity index (χ3n) is 2.12. The van der Waals surface area contributed by atoms with Gasteiger partial charge in [0.2, 0.25) is 0 Å². The predicted molar refractivity (Wildman–Crippen MR) is 63.7 cm³/mol. The van der Waals surface area contributed by atoms with Gasteiger partial charge in [0.25, 0.3) is 0 Å². The molecule has 0 amide bonds. The van der Waals surface area contributed by atoms with Gasteiger partial charge < -0.3 is 16.8 Å². The van der Waals surface area contributed by atoms with Gasteiger partial charge in [-0.25, -0.2) is 0 Å². The van der Waals surface area contributed by atoms with Gasteiger partial charge in [-0.3, -0.25) is 0 Å². The molecule has 0 rings (SSSR count). The first-order valence-corrected chi connectivity index (χ1v) is 5.93. The van der Waals surface area contributed by atoms with E-state index in [0.717, 1.165) is 32.6 Å². The molecule has 5 nitrogen and oxygen atoms in total. The van der Waals surface area contributed by atoms with E-state index in [9.17, 15) is 0 Å². The summed E-state index contributed by atoms with van der Waals surface area (Å²) in [7, 11) is 0. The highest BCUT2D eigenvalue weighted by Crippen LogP contribution is 1.96. The Morgan fingerprint density at radius 1 is 0.750 bits per heavy atom. The van der Waals surface area contributed by atoms with Crippen molar-refractivity contribution in [1.29, 1.82) is 0 Å². The van der Waals surface area contributed by atoms with Crippen LogP contribution in [0.25, 0.3) is 0 Å². The van der Waals surface area contributed by atoms with Crippen molar-refractivity contribution >= 4 is 6.15 Å². The normalized spacial score (nSPS) is 9.12. The molecule has 0 aliphatic rings. The lowest BCUT2D eigenvalue weighted by Gasteiger charge is -2.03. The van der Waals surface area contributed by atoms with E-state index in [0.29, 0.717) is 0 Å². The van der Waals surface area contributed by atoms with Crippen LogP contribution in [0.3, 0.4) is 0 Å². The zero-order valence-corrected chi connectivity index (χ0v) is 10.0. The molecular weight excluding hydrogens is 206 g/mol. The summed E-state index contributed by atoms with van der Waals surface area (Å²) in [4.78, 5) is 16.2. The van der Waals surface area contributed by atoms with Crippen molar-refractivity contribution in [3.63, 3.8) is 0 Å². The summed E-state index contributed by atoms with van der Waals surface area (Å²) in [6, 6.07) is 0. The maximum Gasteiger partial charge on any atom is 0.373 e. The molecule has 0 spiro atoms. The second-order valence-electron chi connectivity index (χ2n) is 3.53. The van der Waals surface area contributed by atoms with Gasteiger partial charge in [0.1, 0.15) is 0 Å². The summed E-state index contributed by atoms with van der Waals surface area (Å²) in [5.74, 6) is 0. The van der Waals surface area contributed by atoms with Crippen LogP contribution in [0.5, 0.6) is 0 Å². The van der Waals surface area contributed by atoms with E-state index in [1.54, 1.807) is 0 Å². The Kier molecular flexibility index (Phi) is 21.8. The third kappa shape index (κ3) is 23.2. The van der Waals surface area contributed by atoms with Crippen LogP contribution in [0.15, 0.2) is 0 Å². The molecule has 0 fully saturated rings. The lowest BCUT2D eigenvalue weighted by atomic mass is 10.2. The lowest BCUT2D eigenvalue weighted by molar-refractivity contribution is -0.191. The molecule has 0 aliphatic carbocycles. The molecule has 0 aromatic rings. The van der Waals surface area contributed by atoms with Gasteiger partial charge in [0.15, 0.2) is 0 Å². The number of hydrogen-bond acceptors (Lipinski definition) is 5. The van der Waals surface area contributed by atoms with Crippen molar-refractivity contribution in [1.82, 2.24) is 5.32 Å². The van der Waals surface area contributed by atoms with Crippen molar-refractivity contribution < 1.29 is 9.59 Å². The molecule has 0 saturated carbocycles. The topological polar surface area (TPSA) is 98.2 Å². The van der Waals surface area contributed by atoms with E-state index in [2.05, 4.69) is 5.32 Å². The van der Waals surface area contributed by atoms with Gasteiger partial charge in [-0.2, -0.15) is 9.59 Å². The first-order valence-electron chi connectivity index (χ1n) is 5.93. The minimum atomic E-state index is 0.250. The smallest absolute Gasteiger partial charge is 0.330 e. The number of unbranched alkanes of at least 4 members (excludes halogenated alkanes) is 4. The van der Waals surface area contributed by atoms with E-state index in [1.165, 1.54) is 32.1 Å². The fourth-order valence-electron chi connectivity index (χ4n) is 1.27. The van der Waals surface area contributed by atoms with Gasteiger partial charge in [-0.05, 0) is 51.9 Å². The Bertz CT molecular complexity index is 138. The standard InChI is InChI=1S/C10H25N3.CO2/c11-7-3-1-2-5-9-13-10-6-4-8-12;2-1-3/h13H,1-12H2;. The Labute approximate surface area is 97.9 Å². The molecular formula is C11H25N3O2. The number of nitrogens with one attached hydrogen (secondary N) is 1. The highest BCUT2D eigenvalue weighted by atomic mass is 16.2. The van der Waals surface area contributed by atoms with Crippen molar-refractivity contribution in [2.24, 2.45) is 11.5 Å². The Morgan fingerprint density at radius 2 is 1.12 bits per heavy atom. The van der Waals surface area contributed by atoms with E-state index < -0.39 is 0 Å². The van der Waals surface area contributed by atoms with E-state index >= 15 is 0 Å². The number of rotatable bonds is 10. The van der Waals surface area contributed by atoms with Gasteiger partial charge in [-0.1, -0.05) is 12.8 Å². The highest BCUT2D eigenvalue weighted by Gasteiger charge is 1.89. The lowest BCUT2D eigenvalue weighted by Crippen LogP contribution is -2.17. The molecule has 0 bridgehead atoms. The second kappa shape index (κ2) is 19.8. The second-order valence-corrected chi connectivity index (χ2v) is 3.53. The Hall–Kier alpha value is -0.740. The summed E-state index contributed by atoms with van der Waals surface area (Å²) >= 11 is 0. The molecule has 0 heterocycles. The van der Waals surface area contributed by atoms with Crippen LogP contribution in [-0.4, -0.2) is 32.3 Å². The van der Waals surface area contributed by atoms with Gasteiger partial charge >= 0.3 is 6.15 Å². The quantitative estimate of drug-likeness (QED) is 0.468. The van der Waals surface area contributed by atoms with Crippen LogP contribution >= 0.6 is 0 Å². The van der Waals surface area contributed by atoms with Crippen LogP contribution in [0, 0.1) is 0 Å². The van der Waals surface area contributed by atoms with Gasteiger partial charge in [-0.15, -0.1) is 0 Å². The van der Waals surface area contributed by atoms with Gasteiger partial charge in [0.05, 0.1) is 0 Å². The molecule has 96 valence electrons. The van der Waals surface area contributed by atoms with E-state index in [-0.39, 0.29) is 6.15 Å². The van der Waals surface area contributed by atoms with Crippen LogP contribution < -0.4 is 16.8 Å². The minimum absolute atomic E-state index is 0.250. The van der Waals surface area contributed by atoms with Crippen molar-refractivity contribution in [2.75, 3.05) is 26.2 Å². The largest absolute Gasteiger partial charge is 0.373 e. The van der Waals surface area contributed by atoms with Crippen molar-refractivity contribution in [2.45, 2.75) is 38.5 Å². The monoisotopic (exact) mass is 231 g/mol. The fourth-order valence-corrected chi connectivity index (χ4v) is 1.27. The molecule has 0 unspecified atom stereocenters. The van der Waals surface area contributed by atoms with E-state index in [1.807, 2.05) is 0 Å². The first kappa shape index (κ1) is 17.6. The average Bonchev–Trinajstić information content (AvgIpc) is 2.28. The van der Waals surface area contributed by atoms with Crippen LogP contribution in [0.2, 0.25) is 0 Å². The Balaban J connectivity index is 0. The van der Waals surface area contributed by atoms with Crippen LogP contribution in [-0.2, 0) is 9.59 Å².